The molecule has 1 saturated heterocycles. The molecule has 0 aromatic heterocycles. The molecule has 0 radical (unpaired) electrons. The van der Waals surface area contributed by atoms with Gasteiger partial charge in [-0.3, -0.25) is 9.11 Å². The van der Waals surface area contributed by atoms with E-state index in [-0.39, 0.29) is 6.04 Å². The minimum absolute atomic E-state index is 0.244. The first-order valence-electron chi connectivity index (χ1n) is 4.33. The highest BCUT2D eigenvalue weighted by atomic mass is 32.3. The molecule has 12 heavy (non-hydrogen) atoms. The highest BCUT2D eigenvalue weighted by Gasteiger charge is 2.25. The average molecular weight is 194 g/mol. The molecule has 4 N–H and O–H groups in total. The molecule has 1 rings (SSSR count). The van der Waals surface area contributed by atoms with E-state index >= 15 is 0 Å². The Hall–Kier alpha value is 0.190. The molecule has 74 valence electrons. The van der Waals surface area contributed by atoms with Gasteiger partial charge >= 0.3 is 0 Å². The summed E-state index contributed by atoms with van der Waals surface area (Å²) >= 11 is 0. The van der Waals surface area contributed by atoms with Gasteiger partial charge in [-0.25, -0.2) is 4.31 Å². The molecule has 0 saturated carbocycles. The molecule has 1 fully saturated rings. The molecule has 0 amide bonds. The first-order chi connectivity index (χ1) is 5.56. The lowest BCUT2D eigenvalue weighted by Gasteiger charge is -2.45. The van der Waals surface area contributed by atoms with Crippen molar-refractivity contribution in [2.75, 3.05) is 18.8 Å². The number of hydrogen-bond acceptors (Lipinski definition) is 4. The zero-order valence-electron chi connectivity index (χ0n) is 7.44. The molecular formula is C7H18N2O2S. The van der Waals surface area contributed by atoms with Crippen LogP contribution in [0.15, 0.2) is 0 Å². The Bertz CT molecular complexity index is 146. The molecule has 0 aliphatic carbocycles. The second-order valence-corrected chi connectivity index (χ2v) is 5.55. The smallest absolute Gasteiger partial charge is 0.0502 e. The fraction of sp³-hybridized carbons (Fsp3) is 1.00. The molecule has 1 heterocycles. The summed E-state index contributed by atoms with van der Waals surface area (Å²) in [4.78, 5) is 0. The molecule has 4 nitrogen and oxygen atoms in total. The summed E-state index contributed by atoms with van der Waals surface area (Å²) < 4.78 is 20.9. The SMILES string of the molecule is CCS(O)(O)N1CCC(N)CC1. The monoisotopic (exact) mass is 194 g/mol. The van der Waals surface area contributed by atoms with Gasteiger partial charge in [0.25, 0.3) is 0 Å². The Balaban J connectivity index is 2.44. The zero-order valence-corrected chi connectivity index (χ0v) is 8.26. The van der Waals surface area contributed by atoms with Gasteiger partial charge in [-0.05, 0) is 19.8 Å². The van der Waals surface area contributed by atoms with Crippen molar-refractivity contribution in [2.45, 2.75) is 25.8 Å². The summed E-state index contributed by atoms with van der Waals surface area (Å²) in [6.07, 6.45) is 1.74. The van der Waals surface area contributed by atoms with Crippen LogP contribution in [0.4, 0.5) is 0 Å². The molecular weight excluding hydrogens is 176 g/mol. The van der Waals surface area contributed by atoms with Crippen LogP contribution in [0.5, 0.6) is 0 Å². The highest BCUT2D eigenvalue weighted by molar-refractivity contribution is 8.22. The van der Waals surface area contributed by atoms with Gasteiger partial charge in [0, 0.05) is 19.1 Å². The molecule has 1 aliphatic heterocycles. The van der Waals surface area contributed by atoms with Crippen LogP contribution in [0.25, 0.3) is 0 Å². The number of rotatable bonds is 2. The third-order valence-electron chi connectivity index (χ3n) is 2.30. The largest absolute Gasteiger partial charge is 0.328 e. The van der Waals surface area contributed by atoms with Gasteiger partial charge < -0.3 is 5.73 Å². The van der Waals surface area contributed by atoms with Crippen molar-refractivity contribution in [1.82, 2.24) is 4.31 Å². The fourth-order valence-corrected chi connectivity index (χ4v) is 2.51. The van der Waals surface area contributed by atoms with Crippen LogP contribution in [-0.4, -0.2) is 38.3 Å². The molecule has 0 aromatic carbocycles. The average Bonchev–Trinajstić information content (AvgIpc) is 2.05. The van der Waals surface area contributed by atoms with Crippen molar-refractivity contribution >= 4 is 10.8 Å². The Morgan fingerprint density at radius 1 is 1.42 bits per heavy atom. The minimum Gasteiger partial charge on any atom is -0.328 e. The van der Waals surface area contributed by atoms with E-state index in [1.807, 2.05) is 0 Å². The predicted molar refractivity (Wildman–Crippen MR) is 52.2 cm³/mol. The van der Waals surface area contributed by atoms with E-state index in [9.17, 15) is 9.11 Å². The summed E-state index contributed by atoms with van der Waals surface area (Å²) in [5.41, 5.74) is 5.70. The predicted octanol–water partition coefficient (Wildman–Crippen LogP) is 1.10. The van der Waals surface area contributed by atoms with Gasteiger partial charge in [0.1, 0.15) is 0 Å². The number of nitrogens with zero attached hydrogens (tertiary/aromatic N) is 1. The van der Waals surface area contributed by atoms with Crippen LogP contribution in [0.2, 0.25) is 0 Å². The summed E-state index contributed by atoms with van der Waals surface area (Å²) in [6.45, 7) is 3.23. The molecule has 1 aliphatic rings. The van der Waals surface area contributed by atoms with E-state index in [0.717, 1.165) is 25.9 Å². The second-order valence-electron chi connectivity index (χ2n) is 3.19. The topological polar surface area (TPSA) is 69.7 Å². The first kappa shape index (κ1) is 10.3. The van der Waals surface area contributed by atoms with Crippen molar-refractivity contribution < 1.29 is 9.11 Å². The molecule has 0 unspecified atom stereocenters. The lowest BCUT2D eigenvalue weighted by Crippen LogP contribution is -2.41. The Morgan fingerprint density at radius 3 is 2.33 bits per heavy atom. The summed E-state index contributed by atoms with van der Waals surface area (Å²) in [5, 5.41) is 0. The standard InChI is InChI=1S/C7H18N2O2S/c1-2-12(10,11)9-5-3-7(8)4-6-9/h7,10-11H,2-6,8H2,1H3. The van der Waals surface area contributed by atoms with Gasteiger partial charge in [-0.15, -0.1) is 10.8 Å². The third kappa shape index (κ3) is 2.34. The lowest BCUT2D eigenvalue weighted by atomic mass is 10.1. The fourth-order valence-electron chi connectivity index (χ4n) is 1.35. The van der Waals surface area contributed by atoms with E-state index in [0.29, 0.717) is 5.75 Å². The minimum atomic E-state index is -2.47. The summed E-state index contributed by atoms with van der Waals surface area (Å²) in [7, 11) is -2.47. The Morgan fingerprint density at radius 2 is 1.92 bits per heavy atom. The second kappa shape index (κ2) is 3.93. The number of piperidine rings is 1. The van der Waals surface area contributed by atoms with Crippen LogP contribution >= 0.6 is 10.8 Å². The van der Waals surface area contributed by atoms with E-state index in [4.69, 9.17) is 5.73 Å². The maximum Gasteiger partial charge on any atom is 0.0502 e. The van der Waals surface area contributed by atoms with E-state index in [2.05, 4.69) is 0 Å². The maximum absolute atomic E-state index is 9.56. The normalized spacial score (nSPS) is 24.3. The Labute approximate surface area is 75.2 Å². The van der Waals surface area contributed by atoms with Gasteiger partial charge in [0.15, 0.2) is 0 Å². The van der Waals surface area contributed by atoms with E-state index in [1.54, 1.807) is 11.2 Å². The summed E-state index contributed by atoms with van der Waals surface area (Å²) in [6, 6.07) is 0.244. The van der Waals surface area contributed by atoms with Gasteiger partial charge in [-0.2, -0.15) is 0 Å². The van der Waals surface area contributed by atoms with Gasteiger partial charge in [0.2, 0.25) is 0 Å². The van der Waals surface area contributed by atoms with Crippen LogP contribution in [0.1, 0.15) is 19.8 Å². The number of hydrogen-bond donors (Lipinski definition) is 3. The quantitative estimate of drug-likeness (QED) is 0.615. The van der Waals surface area contributed by atoms with Crippen molar-refractivity contribution in [2.24, 2.45) is 5.73 Å². The van der Waals surface area contributed by atoms with Gasteiger partial charge in [0.05, 0.1) is 5.75 Å². The van der Waals surface area contributed by atoms with Crippen LogP contribution in [-0.2, 0) is 0 Å². The molecule has 0 aromatic rings. The molecule has 5 heteroatoms. The maximum atomic E-state index is 9.56. The molecule has 0 spiro atoms. The third-order valence-corrected chi connectivity index (χ3v) is 4.27. The molecule has 0 bridgehead atoms. The zero-order chi connectivity index (χ0) is 9.19. The number of nitrogens with two attached hydrogens (primary N) is 1. The van der Waals surface area contributed by atoms with Crippen molar-refractivity contribution in [3.05, 3.63) is 0 Å². The Kier molecular flexibility index (Phi) is 3.37. The van der Waals surface area contributed by atoms with E-state index in [1.165, 1.54) is 0 Å². The highest BCUT2D eigenvalue weighted by Crippen LogP contribution is 2.43. The first-order valence-corrected chi connectivity index (χ1v) is 6.00. The summed E-state index contributed by atoms with van der Waals surface area (Å²) in [5.74, 6) is 0.419. The van der Waals surface area contributed by atoms with Crippen molar-refractivity contribution in [3.8, 4) is 0 Å². The van der Waals surface area contributed by atoms with Crippen molar-refractivity contribution in [1.29, 1.82) is 0 Å². The van der Waals surface area contributed by atoms with Gasteiger partial charge in [-0.1, -0.05) is 0 Å². The van der Waals surface area contributed by atoms with Crippen LogP contribution in [0.3, 0.4) is 0 Å². The van der Waals surface area contributed by atoms with Crippen LogP contribution < -0.4 is 5.73 Å². The van der Waals surface area contributed by atoms with Crippen LogP contribution in [0, 0.1) is 0 Å². The lowest BCUT2D eigenvalue weighted by molar-refractivity contribution is 0.287. The molecule has 0 atom stereocenters. The van der Waals surface area contributed by atoms with E-state index < -0.39 is 10.8 Å². The van der Waals surface area contributed by atoms with Crippen molar-refractivity contribution in [3.63, 3.8) is 0 Å².